The van der Waals surface area contributed by atoms with E-state index in [1.807, 2.05) is 38.1 Å². The minimum Gasteiger partial charge on any atom is -0.491 e. The number of amides is 2. The highest BCUT2D eigenvalue weighted by molar-refractivity contribution is 5.95. The number of carbonyl (C=O) groups excluding carboxylic acids is 2. The number of pyridine rings is 1. The van der Waals surface area contributed by atoms with Crippen LogP contribution in [-0.4, -0.2) is 59.1 Å². The molecular formula is C25H34N4O4. The van der Waals surface area contributed by atoms with Crippen molar-refractivity contribution in [1.82, 2.24) is 15.2 Å². The number of nitrogens with one attached hydrogen (secondary N) is 2. The summed E-state index contributed by atoms with van der Waals surface area (Å²) in [4.78, 5) is 32.0. The van der Waals surface area contributed by atoms with Crippen molar-refractivity contribution in [2.24, 2.45) is 5.92 Å². The number of hydrogen-bond acceptors (Lipinski definition) is 6. The van der Waals surface area contributed by atoms with Gasteiger partial charge < -0.3 is 25.4 Å². The molecule has 0 unspecified atom stereocenters. The van der Waals surface area contributed by atoms with Gasteiger partial charge in [0, 0.05) is 6.54 Å². The number of para-hydroxylation sites is 2. The molecule has 1 aromatic heterocycles. The van der Waals surface area contributed by atoms with Crippen molar-refractivity contribution in [3.63, 3.8) is 0 Å². The largest absolute Gasteiger partial charge is 0.491 e. The highest BCUT2D eigenvalue weighted by Crippen LogP contribution is 2.27. The molecule has 2 amide bonds. The normalized spacial score (nSPS) is 15.6. The average molecular weight is 455 g/mol. The van der Waals surface area contributed by atoms with Gasteiger partial charge in [-0.1, -0.05) is 32.0 Å². The van der Waals surface area contributed by atoms with E-state index in [9.17, 15) is 14.7 Å². The molecule has 8 heteroatoms. The minimum absolute atomic E-state index is 0.0773. The van der Waals surface area contributed by atoms with Gasteiger partial charge in [0.2, 0.25) is 5.91 Å². The monoisotopic (exact) mass is 454 g/mol. The number of nitrogens with zero attached hydrogens (tertiary/aromatic N) is 2. The number of ether oxygens (including phenoxy) is 1. The van der Waals surface area contributed by atoms with E-state index in [4.69, 9.17) is 4.74 Å². The Morgan fingerprint density at radius 2 is 2.00 bits per heavy atom. The summed E-state index contributed by atoms with van der Waals surface area (Å²) >= 11 is 0. The van der Waals surface area contributed by atoms with Gasteiger partial charge in [0.15, 0.2) is 0 Å². The zero-order valence-electron chi connectivity index (χ0n) is 19.4. The Bertz CT molecular complexity index is 934. The van der Waals surface area contributed by atoms with E-state index in [0.29, 0.717) is 31.3 Å². The summed E-state index contributed by atoms with van der Waals surface area (Å²) in [5.74, 6) is 1.03. The molecule has 0 fully saturated rings. The molecule has 0 saturated heterocycles. The van der Waals surface area contributed by atoms with Gasteiger partial charge in [0.1, 0.15) is 17.3 Å². The third kappa shape index (κ3) is 7.46. The SMILES string of the molecule is CC(C)C[C@@H](CO)NC(=O)CN1CCCCCOc2ccccc2Nc2cccc(n2)C1=O. The highest BCUT2D eigenvalue weighted by Gasteiger charge is 2.22. The van der Waals surface area contributed by atoms with Crippen LogP contribution in [0, 0.1) is 5.92 Å². The molecule has 0 saturated carbocycles. The van der Waals surface area contributed by atoms with Crippen LogP contribution in [0.3, 0.4) is 0 Å². The number of benzene rings is 1. The molecule has 1 atom stereocenters. The van der Waals surface area contributed by atoms with Gasteiger partial charge in [-0.05, 0) is 55.9 Å². The lowest BCUT2D eigenvalue weighted by Gasteiger charge is -2.25. The van der Waals surface area contributed by atoms with Gasteiger partial charge in [0.05, 0.1) is 31.5 Å². The second kappa shape index (κ2) is 12.2. The van der Waals surface area contributed by atoms with E-state index < -0.39 is 0 Å². The Kier molecular flexibility index (Phi) is 9.06. The zero-order valence-corrected chi connectivity index (χ0v) is 19.4. The molecule has 0 aliphatic carbocycles. The quantitative estimate of drug-likeness (QED) is 0.618. The van der Waals surface area contributed by atoms with E-state index in [1.54, 1.807) is 18.2 Å². The van der Waals surface area contributed by atoms with Crippen molar-refractivity contribution in [2.45, 2.75) is 45.6 Å². The van der Waals surface area contributed by atoms with E-state index >= 15 is 0 Å². The van der Waals surface area contributed by atoms with Crippen molar-refractivity contribution in [2.75, 3.05) is 31.6 Å². The molecule has 1 aliphatic rings. The topological polar surface area (TPSA) is 104 Å². The summed E-state index contributed by atoms with van der Waals surface area (Å²) in [6.45, 7) is 4.87. The summed E-state index contributed by atoms with van der Waals surface area (Å²) < 4.78 is 5.95. The molecule has 3 rings (SSSR count). The molecule has 1 aromatic carbocycles. The van der Waals surface area contributed by atoms with E-state index in [0.717, 1.165) is 30.7 Å². The number of rotatable bonds is 6. The fraction of sp³-hybridized carbons (Fsp3) is 0.480. The molecule has 0 radical (unpaired) electrons. The Hall–Kier alpha value is -3.13. The van der Waals surface area contributed by atoms with Crippen molar-refractivity contribution in [3.05, 3.63) is 48.2 Å². The van der Waals surface area contributed by atoms with Crippen LogP contribution in [0.1, 0.15) is 50.0 Å². The molecule has 178 valence electrons. The lowest BCUT2D eigenvalue weighted by molar-refractivity contribution is -0.123. The van der Waals surface area contributed by atoms with Gasteiger partial charge >= 0.3 is 0 Å². The molecule has 3 N–H and O–H groups in total. The maximum absolute atomic E-state index is 13.3. The molecule has 2 aromatic rings. The van der Waals surface area contributed by atoms with Gasteiger partial charge in [-0.3, -0.25) is 9.59 Å². The summed E-state index contributed by atoms with van der Waals surface area (Å²) in [5.41, 5.74) is 1.05. The maximum Gasteiger partial charge on any atom is 0.273 e. The first kappa shape index (κ1) is 24.5. The maximum atomic E-state index is 13.3. The van der Waals surface area contributed by atoms with E-state index in [1.165, 1.54) is 4.90 Å². The summed E-state index contributed by atoms with van der Waals surface area (Å²) in [6, 6.07) is 12.5. The van der Waals surface area contributed by atoms with Crippen molar-refractivity contribution >= 4 is 23.3 Å². The van der Waals surface area contributed by atoms with Gasteiger partial charge in [0.25, 0.3) is 5.91 Å². The number of aromatic nitrogens is 1. The lowest BCUT2D eigenvalue weighted by Crippen LogP contribution is -2.46. The first-order valence-corrected chi connectivity index (χ1v) is 11.6. The van der Waals surface area contributed by atoms with Crippen molar-refractivity contribution in [1.29, 1.82) is 0 Å². The molecule has 0 spiro atoms. The summed E-state index contributed by atoms with van der Waals surface area (Å²) in [7, 11) is 0. The molecule has 2 bridgehead atoms. The summed E-state index contributed by atoms with van der Waals surface area (Å²) in [6.07, 6.45) is 3.12. The molecule has 1 aliphatic heterocycles. The second-order valence-electron chi connectivity index (χ2n) is 8.74. The second-order valence-corrected chi connectivity index (χ2v) is 8.74. The van der Waals surface area contributed by atoms with Crippen LogP contribution in [0.5, 0.6) is 5.75 Å². The van der Waals surface area contributed by atoms with Crippen molar-refractivity contribution in [3.8, 4) is 5.75 Å². The molecule has 33 heavy (non-hydrogen) atoms. The first-order chi connectivity index (χ1) is 16.0. The van der Waals surface area contributed by atoms with Crippen LogP contribution in [0.15, 0.2) is 42.5 Å². The van der Waals surface area contributed by atoms with Crippen molar-refractivity contribution < 1.29 is 19.4 Å². The van der Waals surface area contributed by atoms with E-state index in [2.05, 4.69) is 15.6 Å². The summed E-state index contributed by atoms with van der Waals surface area (Å²) in [5, 5.41) is 15.7. The van der Waals surface area contributed by atoms with Crippen LogP contribution >= 0.6 is 0 Å². The van der Waals surface area contributed by atoms with Gasteiger partial charge in [-0.2, -0.15) is 0 Å². The first-order valence-electron chi connectivity index (χ1n) is 11.6. The van der Waals surface area contributed by atoms with Crippen LogP contribution < -0.4 is 15.4 Å². The standard InChI is InChI=1S/C25H34N4O4/c1-18(2)15-19(17-30)26-24(31)16-29-13-6-3-7-14-33-22-11-5-4-9-20(22)27-23-12-8-10-21(28-23)25(29)32/h4-5,8-12,18-19,30H,3,6-7,13-17H2,1-2H3,(H,26,31)(H,27,28)/t19-/m0/s1. The smallest absolute Gasteiger partial charge is 0.273 e. The third-order valence-corrected chi connectivity index (χ3v) is 5.41. The number of anilines is 2. The highest BCUT2D eigenvalue weighted by atomic mass is 16.5. The Morgan fingerprint density at radius 1 is 1.18 bits per heavy atom. The van der Waals surface area contributed by atoms with Gasteiger partial charge in [-0.15, -0.1) is 0 Å². The zero-order chi connectivity index (χ0) is 23.6. The average Bonchev–Trinajstić information content (AvgIpc) is 2.80. The third-order valence-electron chi connectivity index (χ3n) is 5.41. The molecule has 2 heterocycles. The number of aliphatic hydroxyl groups is 1. The van der Waals surface area contributed by atoms with Crippen LogP contribution in [0.25, 0.3) is 0 Å². The predicted octanol–water partition coefficient (Wildman–Crippen LogP) is 3.35. The molecular weight excluding hydrogens is 420 g/mol. The fourth-order valence-electron chi connectivity index (χ4n) is 3.83. The minimum atomic E-state index is -0.324. The predicted molar refractivity (Wildman–Crippen MR) is 128 cm³/mol. The lowest BCUT2D eigenvalue weighted by atomic mass is 10.0. The van der Waals surface area contributed by atoms with E-state index in [-0.39, 0.29) is 36.7 Å². The fourth-order valence-corrected chi connectivity index (χ4v) is 3.83. The number of carbonyl (C=O) groups is 2. The van der Waals surface area contributed by atoms with Crippen LogP contribution in [0.4, 0.5) is 11.5 Å². The number of fused-ring (bicyclic) bond motifs is 3. The van der Waals surface area contributed by atoms with Crippen LogP contribution in [-0.2, 0) is 4.79 Å². The van der Waals surface area contributed by atoms with Crippen LogP contribution in [0.2, 0.25) is 0 Å². The molecule has 8 nitrogen and oxygen atoms in total. The number of hydrogen-bond donors (Lipinski definition) is 3. The Morgan fingerprint density at radius 3 is 2.79 bits per heavy atom. The Balaban J connectivity index is 1.78. The number of aliphatic hydroxyl groups excluding tert-OH is 1. The Labute approximate surface area is 195 Å². The van der Waals surface area contributed by atoms with Gasteiger partial charge in [-0.25, -0.2) is 4.98 Å².